The van der Waals surface area contributed by atoms with E-state index in [1.807, 2.05) is 36.4 Å². The third kappa shape index (κ3) is 3.60. The summed E-state index contributed by atoms with van der Waals surface area (Å²) in [6, 6.07) is 29.6. The standard InChI is InChI=1S/C35H36BrOP/c1-23-17-27-31(29(36)19-23)35(21-33(27,3)4)22-34(5,6)28-18-24(2)20-30(32(28)35)38(37,25-13-9-7-10-14-25)26-15-11-8-12-16-26/h7-20H,21-22H2,1-6H3/t35-/m1/s1. The van der Waals surface area contributed by atoms with Gasteiger partial charge in [0.25, 0.3) is 0 Å². The van der Waals surface area contributed by atoms with Crippen LogP contribution in [0.2, 0.25) is 0 Å². The Morgan fingerprint density at radius 2 is 1.11 bits per heavy atom. The maximum absolute atomic E-state index is 15.9. The minimum Gasteiger partial charge on any atom is -0.309 e. The molecular formula is C35H36BrOP. The van der Waals surface area contributed by atoms with Crippen molar-refractivity contribution >= 4 is 39.0 Å². The second-order valence-corrected chi connectivity index (χ2v) is 16.4. The van der Waals surface area contributed by atoms with Gasteiger partial charge in [-0.2, -0.15) is 0 Å². The van der Waals surface area contributed by atoms with Gasteiger partial charge in [0.05, 0.1) is 0 Å². The molecule has 0 radical (unpaired) electrons. The van der Waals surface area contributed by atoms with Gasteiger partial charge in [-0.3, -0.25) is 0 Å². The lowest BCUT2D eigenvalue weighted by Crippen LogP contribution is -2.35. The molecule has 2 aliphatic carbocycles. The largest absolute Gasteiger partial charge is 0.309 e. The zero-order chi connectivity index (χ0) is 27.1. The van der Waals surface area contributed by atoms with E-state index in [1.54, 1.807) is 0 Å². The molecule has 1 spiro atoms. The van der Waals surface area contributed by atoms with Crippen LogP contribution in [-0.4, -0.2) is 0 Å². The van der Waals surface area contributed by atoms with Crippen molar-refractivity contribution in [2.24, 2.45) is 0 Å². The van der Waals surface area contributed by atoms with Crippen molar-refractivity contribution in [1.82, 2.24) is 0 Å². The lowest BCUT2D eigenvalue weighted by molar-refractivity contribution is 0.350. The van der Waals surface area contributed by atoms with Crippen molar-refractivity contribution in [3.8, 4) is 0 Å². The number of hydrogen-bond acceptors (Lipinski definition) is 1. The second-order valence-electron chi connectivity index (χ2n) is 12.9. The van der Waals surface area contributed by atoms with Crippen LogP contribution in [0.4, 0.5) is 0 Å². The molecule has 0 saturated heterocycles. The van der Waals surface area contributed by atoms with Crippen LogP contribution >= 0.6 is 23.1 Å². The molecule has 0 amide bonds. The van der Waals surface area contributed by atoms with E-state index in [9.17, 15) is 0 Å². The molecule has 1 nitrogen and oxygen atoms in total. The predicted octanol–water partition coefficient (Wildman–Crippen LogP) is 8.35. The summed E-state index contributed by atoms with van der Waals surface area (Å²) >= 11 is 4.03. The van der Waals surface area contributed by atoms with Gasteiger partial charge in [-0.25, -0.2) is 0 Å². The number of halogens is 1. The first-order valence-corrected chi connectivity index (χ1v) is 16.1. The van der Waals surface area contributed by atoms with Crippen LogP contribution in [-0.2, 0) is 20.8 Å². The van der Waals surface area contributed by atoms with Gasteiger partial charge >= 0.3 is 0 Å². The Hall–Kier alpha value is -2.41. The smallest absolute Gasteiger partial charge is 0.171 e. The van der Waals surface area contributed by atoms with Crippen molar-refractivity contribution in [3.05, 3.63) is 123 Å². The molecule has 0 N–H and O–H groups in total. The first kappa shape index (κ1) is 25.8. The summed E-state index contributed by atoms with van der Waals surface area (Å²) in [5.41, 5.74) is 7.69. The monoisotopic (exact) mass is 582 g/mol. The normalized spacial score (nSPS) is 20.9. The van der Waals surface area contributed by atoms with Crippen molar-refractivity contribution < 1.29 is 4.57 Å². The van der Waals surface area contributed by atoms with E-state index in [1.165, 1.54) is 37.9 Å². The number of fused-ring (bicyclic) bond motifs is 4. The van der Waals surface area contributed by atoms with Crippen LogP contribution in [0.1, 0.15) is 73.9 Å². The molecule has 0 bridgehead atoms. The first-order chi connectivity index (χ1) is 17.9. The number of benzene rings is 4. The van der Waals surface area contributed by atoms with E-state index in [4.69, 9.17) is 0 Å². The molecule has 0 aliphatic heterocycles. The lowest BCUT2D eigenvalue weighted by atomic mass is 9.72. The minimum absolute atomic E-state index is 0.00714. The Balaban J connectivity index is 1.78. The van der Waals surface area contributed by atoms with Crippen LogP contribution in [0.25, 0.3) is 0 Å². The summed E-state index contributed by atoms with van der Waals surface area (Å²) in [7, 11) is -3.17. The van der Waals surface area contributed by atoms with Crippen LogP contribution in [0.5, 0.6) is 0 Å². The van der Waals surface area contributed by atoms with Gasteiger partial charge in [0.2, 0.25) is 0 Å². The van der Waals surface area contributed by atoms with E-state index >= 15 is 4.57 Å². The van der Waals surface area contributed by atoms with Crippen LogP contribution in [0.3, 0.4) is 0 Å². The summed E-state index contributed by atoms with van der Waals surface area (Å²) in [6.07, 6.45) is 2.01. The van der Waals surface area contributed by atoms with Crippen molar-refractivity contribution in [1.29, 1.82) is 0 Å². The average Bonchev–Trinajstić information content (AvgIpc) is 3.23. The van der Waals surface area contributed by atoms with Crippen molar-refractivity contribution in [2.75, 3.05) is 0 Å². The molecular weight excluding hydrogens is 547 g/mol. The predicted molar refractivity (Wildman–Crippen MR) is 166 cm³/mol. The molecule has 194 valence electrons. The summed E-state index contributed by atoms with van der Waals surface area (Å²) in [5.74, 6) is 0. The topological polar surface area (TPSA) is 17.1 Å². The summed E-state index contributed by atoms with van der Waals surface area (Å²) in [5, 5.41) is 2.82. The van der Waals surface area contributed by atoms with Gasteiger partial charge in [-0.15, -0.1) is 0 Å². The molecule has 0 heterocycles. The molecule has 4 aromatic carbocycles. The van der Waals surface area contributed by atoms with Gasteiger partial charge in [-0.05, 0) is 77.5 Å². The van der Waals surface area contributed by atoms with E-state index in [0.717, 1.165) is 28.8 Å². The van der Waals surface area contributed by atoms with Crippen LogP contribution in [0.15, 0.2) is 89.4 Å². The van der Waals surface area contributed by atoms with Gasteiger partial charge in [0.15, 0.2) is 7.14 Å². The fourth-order valence-electron chi connectivity index (χ4n) is 7.76. The molecule has 38 heavy (non-hydrogen) atoms. The van der Waals surface area contributed by atoms with E-state index in [2.05, 4.69) is 106 Å². The van der Waals surface area contributed by atoms with Gasteiger partial charge in [-0.1, -0.05) is 122 Å². The maximum Gasteiger partial charge on any atom is 0.171 e. The van der Waals surface area contributed by atoms with Gasteiger partial charge in [0.1, 0.15) is 0 Å². The molecule has 0 saturated carbocycles. The fraction of sp³-hybridized carbons (Fsp3) is 0.314. The molecule has 3 heteroatoms. The number of aryl methyl sites for hydroxylation is 2. The van der Waals surface area contributed by atoms with Gasteiger partial charge in [0, 0.05) is 25.8 Å². The maximum atomic E-state index is 15.9. The second kappa shape index (κ2) is 8.54. The molecule has 0 unspecified atom stereocenters. The highest BCUT2D eigenvalue weighted by Gasteiger charge is 2.59. The minimum atomic E-state index is -3.17. The Morgan fingerprint density at radius 1 is 0.658 bits per heavy atom. The number of hydrogen-bond donors (Lipinski definition) is 0. The summed E-state index contributed by atoms with van der Waals surface area (Å²) in [4.78, 5) is 0. The Morgan fingerprint density at radius 3 is 1.61 bits per heavy atom. The van der Waals surface area contributed by atoms with E-state index in [-0.39, 0.29) is 16.2 Å². The third-order valence-corrected chi connectivity index (χ3v) is 12.7. The fourth-order valence-corrected chi connectivity index (χ4v) is 11.8. The van der Waals surface area contributed by atoms with E-state index in [0.29, 0.717) is 0 Å². The highest BCUT2D eigenvalue weighted by Crippen LogP contribution is 2.65. The van der Waals surface area contributed by atoms with Crippen molar-refractivity contribution in [3.63, 3.8) is 0 Å². The highest BCUT2D eigenvalue weighted by molar-refractivity contribution is 9.10. The Kier molecular flexibility index (Phi) is 5.81. The molecule has 0 fully saturated rings. The number of rotatable bonds is 3. The first-order valence-electron chi connectivity index (χ1n) is 13.6. The van der Waals surface area contributed by atoms with E-state index < -0.39 is 7.14 Å². The lowest BCUT2D eigenvalue weighted by Gasteiger charge is -2.34. The zero-order valence-corrected chi connectivity index (χ0v) is 25.7. The summed E-state index contributed by atoms with van der Waals surface area (Å²) < 4.78 is 17.1. The molecule has 0 aromatic heterocycles. The molecule has 4 aromatic rings. The SMILES string of the molecule is Cc1cc(Br)c2c(c1)C(C)(C)C[C@@]21CC(C)(C)c2cc(C)cc(P(=O)(c3ccccc3)c3ccccc3)c21. The molecule has 1 atom stereocenters. The van der Waals surface area contributed by atoms with Crippen LogP contribution in [0, 0.1) is 13.8 Å². The quantitative estimate of drug-likeness (QED) is 0.222. The molecule has 2 aliphatic rings. The summed E-state index contributed by atoms with van der Waals surface area (Å²) in [6.45, 7) is 13.9. The molecule has 6 rings (SSSR count). The Bertz CT molecular complexity index is 1570. The van der Waals surface area contributed by atoms with Crippen LogP contribution < -0.4 is 15.9 Å². The third-order valence-electron chi connectivity index (χ3n) is 8.98. The zero-order valence-electron chi connectivity index (χ0n) is 23.2. The van der Waals surface area contributed by atoms with Crippen molar-refractivity contribution in [2.45, 2.75) is 70.6 Å². The average molecular weight is 584 g/mol. The van der Waals surface area contributed by atoms with Gasteiger partial charge < -0.3 is 4.57 Å². The Labute approximate surface area is 236 Å². The highest BCUT2D eigenvalue weighted by atomic mass is 79.9.